The normalized spacial score (nSPS) is 13.5. The molecule has 1 N–H and O–H groups in total. The highest BCUT2D eigenvalue weighted by molar-refractivity contribution is 8.14. The average Bonchev–Trinajstić information content (AvgIpc) is 3.40. The molecule has 0 atom stereocenters. The predicted molar refractivity (Wildman–Crippen MR) is 129 cm³/mol. The smallest absolute Gasteiger partial charge is 0.288 e. The van der Waals surface area contributed by atoms with Crippen LogP contribution < -0.4 is 5.32 Å². The third-order valence-corrected chi connectivity index (χ3v) is 6.95. The van der Waals surface area contributed by atoms with Gasteiger partial charge in [0, 0.05) is 19.6 Å². The zero-order valence-electron chi connectivity index (χ0n) is 18.1. The van der Waals surface area contributed by atoms with Crippen molar-refractivity contribution < 1.29 is 18.8 Å². The van der Waals surface area contributed by atoms with E-state index in [0.29, 0.717) is 29.5 Å². The number of imide groups is 1. The molecule has 8 nitrogen and oxygen atoms in total. The van der Waals surface area contributed by atoms with Crippen LogP contribution in [-0.2, 0) is 22.6 Å². The van der Waals surface area contributed by atoms with Crippen LogP contribution in [-0.4, -0.2) is 61.3 Å². The van der Waals surface area contributed by atoms with Crippen LogP contribution in [0.2, 0.25) is 0 Å². The number of thioether (sulfide) groups is 2. The van der Waals surface area contributed by atoms with Gasteiger partial charge in [0.1, 0.15) is 5.82 Å². The van der Waals surface area contributed by atoms with E-state index < -0.39 is 5.82 Å². The molecule has 1 aromatic heterocycles. The number of amides is 3. The summed E-state index contributed by atoms with van der Waals surface area (Å²) in [5.41, 5.74) is 1.46. The Labute approximate surface area is 204 Å². The Balaban J connectivity index is 1.41. The lowest BCUT2D eigenvalue weighted by Crippen LogP contribution is -2.38. The standard InChI is InChI=1S/C23H22FN5O3S2/c24-18-9-5-4-8-17(18)21-26-27-22(29(21)12-10-16-6-2-1-3-7-16)33-14-19(30)25-11-13-28-20(31)15-34-23(28)32/h1-9H,10-15H2,(H,25,30). The van der Waals surface area contributed by atoms with Gasteiger partial charge in [-0.3, -0.25) is 19.3 Å². The lowest BCUT2D eigenvalue weighted by Gasteiger charge is -2.13. The monoisotopic (exact) mass is 499 g/mol. The summed E-state index contributed by atoms with van der Waals surface area (Å²) >= 11 is 2.16. The third-order valence-electron chi connectivity index (χ3n) is 5.13. The van der Waals surface area contributed by atoms with E-state index in [4.69, 9.17) is 0 Å². The fraction of sp³-hybridized carbons (Fsp3) is 0.261. The van der Waals surface area contributed by atoms with Crippen molar-refractivity contribution in [1.82, 2.24) is 25.0 Å². The highest BCUT2D eigenvalue weighted by Crippen LogP contribution is 2.26. The van der Waals surface area contributed by atoms with Crippen molar-refractivity contribution in [3.63, 3.8) is 0 Å². The molecule has 1 saturated heterocycles. The van der Waals surface area contributed by atoms with Crippen LogP contribution in [0.25, 0.3) is 11.4 Å². The molecule has 176 valence electrons. The number of aromatic nitrogens is 3. The number of carbonyl (C=O) groups excluding carboxylic acids is 3. The summed E-state index contributed by atoms with van der Waals surface area (Å²) in [6.07, 6.45) is 0.690. The topological polar surface area (TPSA) is 97.2 Å². The van der Waals surface area contributed by atoms with Gasteiger partial charge in [-0.15, -0.1) is 10.2 Å². The van der Waals surface area contributed by atoms with Gasteiger partial charge in [0.2, 0.25) is 11.8 Å². The minimum Gasteiger partial charge on any atom is -0.354 e. The molecule has 0 spiro atoms. The van der Waals surface area contributed by atoms with Gasteiger partial charge in [-0.1, -0.05) is 66.0 Å². The molecule has 0 unspecified atom stereocenters. The first kappa shape index (κ1) is 24.0. The van der Waals surface area contributed by atoms with E-state index in [1.807, 2.05) is 34.9 Å². The lowest BCUT2D eigenvalue weighted by molar-refractivity contribution is -0.125. The average molecular weight is 500 g/mol. The molecule has 0 radical (unpaired) electrons. The summed E-state index contributed by atoms with van der Waals surface area (Å²) in [6.45, 7) is 0.839. The number of nitrogens with one attached hydrogen (secondary N) is 1. The Kier molecular flexibility index (Phi) is 7.96. The van der Waals surface area contributed by atoms with Crippen LogP contribution in [0.1, 0.15) is 5.56 Å². The van der Waals surface area contributed by atoms with Crippen molar-refractivity contribution in [3.8, 4) is 11.4 Å². The third kappa shape index (κ3) is 5.84. The van der Waals surface area contributed by atoms with Crippen LogP contribution in [0.5, 0.6) is 0 Å². The van der Waals surface area contributed by atoms with E-state index in [1.54, 1.807) is 18.2 Å². The number of rotatable bonds is 10. The lowest BCUT2D eigenvalue weighted by atomic mass is 10.1. The number of benzene rings is 2. The second kappa shape index (κ2) is 11.3. The van der Waals surface area contributed by atoms with Crippen molar-refractivity contribution in [3.05, 3.63) is 66.0 Å². The van der Waals surface area contributed by atoms with E-state index in [9.17, 15) is 18.8 Å². The Morgan fingerprint density at radius 3 is 2.56 bits per heavy atom. The van der Waals surface area contributed by atoms with Crippen LogP contribution >= 0.6 is 23.5 Å². The number of aryl methyl sites for hydroxylation is 1. The van der Waals surface area contributed by atoms with Gasteiger partial charge < -0.3 is 9.88 Å². The maximum Gasteiger partial charge on any atom is 0.288 e. The summed E-state index contributed by atoms with van der Waals surface area (Å²) in [5, 5.41) is 11.3. The van der Waals surface area contributed by atoms with Crippen LogP contribution in [0.15, 0.2) is 59.8 Å². The molecule has 3 amide bonds. The summed E-state index contributed by atoms with van der Waals surface area (Å²) < 4.78 is 16.3. The van der Waals surface area contributed by atoms with Gasteiger partial charge in [0.05, 0.1) is 17.1 Å². The number of hydrogen-bond acceptors (Lipinski definition) is 7. The van der Waals surface area contributed by atoms with Gasteiger partial charge in [-0.25, -0.2) is 4.39 Å². The molecule has 2 heterocycles. The summed E-state index contributed by atoms with van der Waals surface area (Å²) in [7, 11) is 0. The van der Waals surface area contributed by atoms with E-state index >= 15 is 0 Å². The molecule has 0 aliphatic carbocycles. The second-order valence-corrected chi connectivity index (χ2v) is 9.28. The Morgan fingerprint density at radius 2 is 1.82 bits per heavy atom. The minimum absolute atomic E-state index is 0.0669. The maximum absolute atomic E-state index is 14.5. The Bertz CT molecular complexity index is 1170. The van der Waals surface area contributed by atoms with Gasteiger partial charge in [0.25, 0.3) is 5.24 Å². The number of nitrogens with zero attached hydrogens (tertiary/aromatic N) is 4. The fourth-order valence-corrected chi connectivity index (χ4v) is 4.96. The first-order valence-electron chi connectivity index (χ1n) is 10.6. The van der Waals surface area contributed by atoms with Crippen molar-refractivity contribution in [2.24, 2.45) is 0 Å². The molecule has 3 aromatic rings. The van der Waals surface area contributed by atoms with Gasteiger partial charge >= 0.3 is 0 Å². The van der Waals surface area contributed by atoms with E-state index in [0.717, 1.165) is 22.2 Å². The molecule has 1 fully saturated rings. The summed E-state index contributed by atoms with van der Waals surface area (Å²) in [6, 6.07) is 16.3. The molecule has 1 aliphatic rings. The number of hydrogen-bond donors (Lipinski definition) is 1. The quantitative estimate of drug-likeness (QED) is 0.428. The molecule has 2 aromatic carbocycles. The van der Waals surface area contributed by atoms with Gasteiger partial charge in [-0.2, -0.15) is 0 Å². The highest BCUT2D eigenvalue weighted by atomic mass is 32.2. The maximum atomic E-state index is 14.5. The molecular formula is C23H22FN5O3S2. The highest BCUT2D eigenvalue weighted by Gasteiger charge is 2.29. The molecule has 4 rings (SSSR count). The number of carbonyl (C=O) groups is 3. The molecule has 0 saturated carbocycles. The first-order valence-corrected chi connectivity index (χ1v) is 12.6. The van der Waals surface area contributed by atoms with Crippen molar-refractivity contribution in [2.75, 3.05) is 24.6 Å². The van der Waals surface area contributed by atoms with Gasteiger partial charge in [-0.05, 0) is 24.1 Å². The zero-order chi connectivity index (χ0) is 23.9. The van der Waals surface area contributed by atoms with E-state index in [2.05, 4.69) is 15.5 Å². The van der Waals surface area contributed by atoms with Crippen molar-refractivity contribution in [1.29, 1.82) is 0 Å². The zero-order valence-corrected chi connectivity index (χ0v) is 19.8. The van der Waals surface area contributed by atoms with Crippen molar-refractivity contribution >= 4 is 40.6 Å². The van der Waals surface area contributed by atoms with Crippen LogP contribution in [0, 0.1) is 5.82 Å². The minimum atomic E-state index is -0.394. The number of halogens is 1. The second-order valence-electron chi connectivity index (χ2n) is 7.41. The van der Waals surface area contributed by atoms with E-state index in [-0.39, 0.29) is 41.6 Å². The SMILES string of the molecule is O=C(CSc1nnc(-c2ccccc2F)n1CCc1ccccc1)NCCN1C(=O)CSC1=O. The van der Waals surface area contributed by atoms with E-state index in [1.165, 1.54) is 17.8 Å². The Morgan fingerprint density at radius 1 is 1.06 bits per heavy atom. The predicted octanol–water partition coefficient (Wildman–Crippen LogP) is 3.23. The summed E-state index contributed by atoms with van der Waals surface area (Å²) in [5.74, 6) is -0.286. The molecule has 11 heteroatoms. The summed E-state index contributed by atoms with van der Waals surface area (Å²) in [4.78, 5) is 36.7. The molecule has 0 bridgehead atoms. The van der Waals surface area contributed by atoms with Gasteiger partial charge in [0.15, 0.2) is 11.0 Å². The molecule has 34 heavy (non-hydrogen) atoms. The van der Waals surface area contributed by atoms with Crippen LogP contribution in [0.4, 0.5) is 9.18 Å². The molecular weight excluding hydrogens is 477 g/mol. The molecule has 1 aliphatic heterocycles. The largest absolute Gasteiger partial charge is 0.354 e. The fourth-order valence-electron chi connectivity index (χ4n) is 3.41. The van der Waals surface area contributed by atoms with Crippen LogP contribution in [0.3, 0.4) is 0 Å². The Hall–Kier alpha value is -3.18. The first-order chi connectivity index (χ1) is 16.5. The van der Waals surface area contributed by atoms with Crippen molar-refractivity contribution in [2.45, 2.75) is 18.1 Å².